The summed E-state index contributed by atoms with van der Waals surface area (Å²) < 4.78 is 0. The quantitative estimate of drug-likeness (QED) is 0.786. The smallest absolute Gasteiger partial charge is 0.140 e. The molecule has 0 aliphatic rings. The number of likely N-dealkylation sites (N-methyl/N-ethyl adjacent to an activating group) is 1. The first-order chi connectivity index (χ1) is 10.3. The number of benzene rings is 1. The molecule has 0 unspecified atom stereocenters. The van der Waals surface area contributed by atoms with Gasteiger partial charge in [-0.1, -0.05) is 30.3 Å². The van der Waals surface area contributed by atoms with Crippen LogP contribution < -0.4 is 4.90 Å². The van der Waals surface area contributed by atoms with Crippen molar-refractivity contribution in [1.29, 1.82) is 0 Å². The van der Waals surface area contributed by atoms with Crippen molar-refractivity contribution in [3.63, 3.8) is 0 Å². The zero-order chi connectivity index (χ0) is 14.7. The van der Waals surface area contributed by atoms with Crippen LogP contribution in [0, 0.1) is 0 Å². The van der Waals surface area contributed by atoms with Gasteiger partial charge in [0.1, 0.15) is 17.0 Å². The third kappa shape index (κ3) is 2.75. The van der Waals surface area contributed by atoms with E-state index in [0.29, 0.717) is 6.54 Å². The Morgan fingerprint density at radius 1 is 1.19 bits per heavy atom. The second-order valence-electron chi connectivity index (χ2n) is 4.70. The van der Waals surface area contributed by atoms with Crippen LogP contribution in [0.3, 0.4) is 0 Å². The molecule has 0 saturated heterocycles. The highest BCUT2D eigenvalue weighted by atomic mass is 32.1. The Labute approximate surface area is 127 Å². The number of fused-ring (bicyclic) bond motifs is 1. The molecule has 0 amide bonds. The summed E-state index contributed by atoms with van der Waals surface area (Å²) >= 11 is 1.67. The summed E-state index contributed by atoms with van der Waals surface area (Å²) in [6.07, 6.45) is 1.60. The summed E-state index contributed by atoms with van der Waals surface area (Å²) in [5.74, 6) is 0.898. The molecular formula is C16H17N3OS. The molecular weight excluding hydrogens is 282 g/mol. The molecule has 0 aliphatic carbocycles. The number of thiophene rings is 1. The topological polar surface area (TPSA) is 49.2 Å². The molecule has 0 saturated carbocycles. The number of aliphatic hydroxyl groups is 1. The van der Waals surface area contributed by atoms with E-state index in [9.17, 15) is 5.11 Å². The molecule has 4 nitrogen and oxygen atoms in total. The lowest BCUT2D eigenvalue weighted by molar-refractivity contribution is 0.302. The normalized spacial score (nSPS) is 11.0. The lowest BCUT2D eigenvalue weighted by Crippen LogP contribution is -2.27. The van der Waals surface area contributed by atoms with Crippen molar-refractivity contribution in [1.82, 2.24) is 9.97 Å². The average Bonchev–Trinajstić information content (AvgIpc) is 2.98. The van der Waals surface area contributed by atoms with Crippen molar-refractivity contribution < 1.29 is 5.11 Å². The van der Waals surface area contributed by atoms with Crippen molar-refractivity contribution in [2.24, 2.45) is 0 Å². The molecule has 0 fully saturated rings. The summed E-state index contributed by atoms with van der Waals surface area (Å²) in [6.45, 7) is 3.57. The lowest BCUT2D eigenvalue weighted by Gasteiger charge is -2.20. The van der Waals surface area contributed by atoms with Crippen LogP contribution >= 0.6 is 11.3 Å². The monoisotopic (exact) mass is 299 g/mol. The Balaban J connectivity index is 2.09. The van der Waals surface area contributed by atoms with E-state index in [1.54, 1.807) is 17.7 Å². The molecule has 0 atom stereocenters. The van der Waals surface area contributed by atoms with Gasteiger partial charge in [0, 0.05) is 18.0 Å². The van der Waals surface area contributed by atoms with E-state index in [1.807, 2.05) is 18.2 Å². The van der Waals surface area contributed by atoms with Gasteiger partial charge in [-0.15, -0.1) is 11.3 Å². The minimum absolute atomic E-state index is 0.120. The largest absolute Gasteiger partial charge is 0.395 e. The van der Waals surface area contributed by atoms with Gasteiger partial charge in [-0.25, -0.2) is 9.97 Å². The van der Waals surface area contributed by atoms with Crippen molar-refractivity contribution >= 4 is 27.4 Å². The Morgan fingerprint density at radius 2 is 2.00 bits per heavy atom. The highest BCUT2D eigenvalue weighted by molar-refractivity contribution is 7.21. The SMILES string of the molecule is CCN(CCO)c1ncnc2sc(-c3ccccc3)cc12. The van der Waals surface area contributed by atoms with Gasteiger partial charge in [-0.3, -0.25) is 0 Å². The van der Waals surface area contributed by atoms with Crippen LogP contribution in [0.1, 0.15) is 6.92 Å². The molecule has 2 heterocycles. The Kier molecular flexibility index (Phi) is 4.13. The van der Waals surface area contributed by atoms with Crippen LogP contribution in [0.4, 0.5) is 5.82 Å². The Hall–Kier alpha value is -1.98. The van der Waals surface area contributed by atoms with Crippen molar-refractivity contribution in [2.45, 2.75) is 6.92 Å². The first-order valence-corrected chi connectivity index (χ1v) is 7.81. The average molecular weight is 299 g/mol. The fraction of sp³-hybridized carbons (Fsp3) is 0.250. The first kappa shape index (κ1) is 14.0. The number of nitrogens with zero attached hydrogens (tertiary/aromatic N) is 3. The van der Waals surface area contributed by atoms with Crippen molar-refractivity contribution in [3.8, 4) is 10.4 Å². The maximum Gasteiger partial charge on any atom is 0.140 e. The summed E-state index contributed by atoms with van der Waals surface area (Å²) in [6, 6.07) is 12.4. The van der Waals surface area contributed by atoms with Crippen LogP contribution in [0.2, 0.25) is 0 Å². The van der Waals surface area contributed by atoms with E-state index in [1.165, 1.54) is 10.4 Å². The molecule has 1 N–H and O–H groups in total. The molecule has 3 aromatic rings. The van der Waals surface area contributed by atoms with Crippen LogP contribution in [0.5, 0.6) is 0 Å². The van der Waals surface area contributed by atoms with Gasteiger partial charge in [-0.2, -0.15) is 0 Å². The van der Waals surface area contributed by atoms with Gasteiger partial charge in [0.25, 0.3) is 0 Å². The number of aliphatic hydroxyl groups excluding tert-OH is 1. The summed E-state index contributed by atoms with van der Waals surface area (Å²) in [5.41, 5.74) is 1.19. The van der Waals surface area contributed by atoms with Gasteiger partial charge in [0.15, 0.2) is 0 Å². The molecule has 5 heteroatoms. The third-order valence-electron chi connectivity index (χ3n) is 3.42. The number of aromatic nitrogens is 2. The number of anilines is 1. The van der Waals surface area contributed by atoms with Gasteiger partial charge in [0.2, 0.25) is 0 Å². The molecule has 108 valence electrons. The fourth-order valence-electron chi connectivity index (χ4n) is 2.37. The summed E-state index contributed by atoms with van der Waals surface area (Å²) in [5, 5.41) is 10.3. The third-order valence-corrected chi connectivity index (χ3v) is 4.51. The first-order valence-electron chi connectivity index (χ1n) is 6.99. The second-order valence-corrected chi connectivity index (χ2v) is 5.73. The van der Waals surface area contributed by atoms with Crippen LogP contribution in [0.15, 0.2) is 42.7 Å². The molecule has 1 aromatic carbocycles. The minimum Gasteiger partial charge on any atom is -0.395 e. The highest BCUT2D eigenvalue weighted by Crippen LogP contribution is 2.35. The molecule has 2 aromatic heterocycles. The number of rotatable bonds is 5. The standard InChI is InChI=1S/C16H17N3OS/c1-2-19(8-9-20)15-13-10-14(12-6-4-3-5-7-12)21-16(13)18-11-17-15/h3-7,10-11,20H,2,8-9H2,1H3. The predicted octanol–water partition coefficient (Wildman–Crippen LogP) is 3.18. The zero-order valence-corrected chi connectivity index (χ0v) is 12.7. The van der Waals surface area contributed by atoms with E-state index >= 15 is 0 Å². The van der Waals surface area contributed by atoms with Crippen molar-refractivity contribution in [3.05, 3.63) is 42.7 Å². The summed E-state index contributed by atoms with van der Waals surface area (Å²) in [4.78, 5) is 13.0. The molecule has 0 radical (unpaired) electrons. The molecule has 21 heavy (non-hydrogen) atoms. The van der Waals surface area contributed by atoms with Crippen LogP contribution in [0.25, 0.3) is 20.7 Å². The van der Waals surface area contributed by atoms with E-state index in [-0.39, 0.29) is 6.61 Å². The molecule has 0 spiro atoms. The lowest BCUT2D eigenvalue weighted by atomic mass is 10.2. The second kappa shape index (κ2) is 6.20. The van der Waals surface area contributed by atoms with E-state index in [2.05, 4.69) is 40.0 Å². The minimum atomic E-state index is 0.120. The predicted molar refractivity (Wildman–Crippen MR) is 87.8 cm³/mol. The zero-order valence-electron chi connectivity index (χ0n) is 11.9. The Bertz CT molecular complexity index is 727. The maximum atomic E-state index is 9.20. The van der Waals surface area contributed by atoms with E-state index in [0.717, 1.165) is 22.6 Å². The maximum absolute atomic E-state index is 9.20. The number of hydrogen-bond donors (Lipinski definition) is 1. The van der Waals surface area contributed by atoms with Gasteiger partial charge >= 0.3 is 0 Å². The van der Waals surface area contributed by atoms with E-state index in [4.69, 9.17) is 0 Å². The molecule has 0 bridgehead atoms. The van der Waals surface area contributed by atoms with Crippen LogP contribution in [-0.2, 0) is 0 Å². The van der Waals surface area contributed by atoms with E-state index < -0.39 is 0 Å². The van der Waals surface area contributed by atoms with Crippen molar-refractivity contribution in [2.75, 3.05) is 24.6 Å². The Morgan fingerprint density at radius 3 is 2.71 bits per heavy atom. The van der Waals surface area contributed by atoms with Gasteiger partial charge < -0.3 is 10.0 Å². The molecule has 3 rings (SSSR count). The number of hydrogen-bond acceptors (Lipinski definition) is 5. The highest BCUT2D eigenvalue weighted by Gasteiger charge is 2.14. The van der Waals surface area contributed by atoms with Crippen LogP contribution in [-0.4, -0.2) is 34.8 Å². The molecule has 0 aliphatic heterocycles. The fourth-order valence-corrected chi connectivity index (χ4v) is 3.37. The van der Waals surface area contributed by atoms with Gasteiger partial charge in [-0.05, 0) is 18.6 Å². The summed E-state index contributed by atoms with van der Waals surface area (Å²) in [7, 11) is 0. The van der Waals surface area contributed by atoms with Gasteiger partial charge in [0.05, 0.1) is 12.0 Å².